The van der Waals surface area contributed by atoms with E-state index in [4.69, 9.17) is 0 Å². The van der Waals surface area contributed by atoms with Crippen molar-refractivity contribution in [2.24, 2.45) is 0 Å². The van der Waals surface area contributed by atoms with E-state index in [1.54, 1.807) is 28.6 Å². The van der Waals surface area contributed by atoms with Crippen molar-refractivity contribution in [2.45, 2.75) is 26.3 Å². The number of aryl methyl sites for hydroxylation is 2. The number of thiazole rings is 1. The first kappa shape index (κ1) is 13.7. The molecule has 2 heterocycles. The van der Waals surface area contributed by atoms with Gasteiger partial charge in [-0.1, -0.05) is 0 Å². The average molecular weight is 275 g/mol. The van der Waals surface area contributed by atoms with Crippen molar-refractivity contribution < 1.29 is 4.79 Å². The zero-order valence-electron chi connectivity index (χ0n) is 11.2. The van der Waals surface area contributed by atoms with Crippen LogP contribution in [0.4, 0.5) is 0 Å². The van der Waals surface area contributed by atoms with Crippen LogP contribution < -0.4 is 0 Å². The molecule has 0 bridgehead atoms. The van der Waals surface area contributed by atoms with Crippen molar-refractivity contribution in [3.05, 3.63) is 46.2 Å². The molecule has 2 rings (SSSR count). The van der Waals surface area contributed by atoms with Crippen molar-refractivity contribution in [1.29, 1.82) is 0 Å². The van der Waals surface area contributed by atoms with Crippen LogP contribution in [-0.2, 0) is 17.8 Å². The Bertz CT molecular complexity index is 539. The van der Waals surface area contributed by atoms with Gasteiger partial charge in [0.25, 0.3) is 0 Å². The maximum absolute atomic E-state index is 12.0. The number of rotatable bonds is 5. The zero-order valence-corrected chi connectivity index (χ0v) is 12.0. The summed E-state index contributed by atoms with van der Waals surface area (Å²) in [5, 5.41) is 3.04. The Morgan fingerprint density at radius 2 is 2.11 bits per heavy atom. The molecule has 2 aromatic rings. The number of hydrogen-bond acceptors (Lipinski definition) is 4. The minimum Gasteiger partial charge on any atom is -0.340 e. The second kappa shape index (κ2) is 6.43. The van der Waals surface area contributed by atoms with Crippen LogP contribution in [0.5, 0.6) is 0 Å². The maximum Gasteiger partial charge on any atom is 0.222 e. The number of carbonyl (C=O) groups excluding carboxylic acids is 1. The molecule has 0 aliphatic rings. The zero-order chi connectivity index (χ0) is 13.7. The number of nitrogens with zero attached hydrogens (tertiary/aromatic N) is 3. The summed E-state index contributed by atoms with van der Waals surface area (Å²) in [5.41, 5.74) is 2.10. The Morgan fingerprint density at radius 3 is 2.74 bits per heavy atom. The van der Waals surface area contributed by atoms with E-state index in [9.17, 15) is 4.79 Å². The van der Waals surface area contributed by atoms with Crippen molar-refractivity contribution in [3.63, 3.8) is 0 Å². The van der Waals surface area contributed by atoms with E-state index in [1.165, 1.54) is 0 Å². The van der Waals surface area contributed by atoms with Gasteiger partial charge in [0.2, 0.25) is 5.91 Å². The number of pyridine rings is 1. The quantitative estimate of drug-likeness (QED) is 0.842. The van der Waals surface area contributed by atoms with Gasteiger partial charge in [0.05, 0.1) is 17.2 Å². The van der Waals surface area contributed by atoms with Gasteiger partial charge in [-0.25, -0.2) is 4.98 Å². The van der Waals surface area contributed by atoms with E-state index in [0.717, 1.165) is 22.7 Å². The highest BCUT2D eigenvalue weighted by molar-refractivity contribution is 7.09. The van der Waals surface area contributed by atoms with Crippen LogP contribution in [-0.4, -0.2) is 27.8 Å². The van der Waals surface area contributed by atoms with E-state index in [-0.39, 0.29) is 5.91 Å². The fraction of sp³-hybridized carbons (Fsp3) is 0.357. The lowest BCUT2D eigenvalue weighted by Crippen LogP contribution is -2.26. The third-order valence-electron chi connectivity index (χ3n) is 2.87. The van der Waals surface area contributed by atoms with Crippen LogP contribution in [0.1, 0.15) is 22.7 Å². The van der Waals surface area contributed by atoms with E-state index < -0.39 is 0 Å². The molecule has 0 atom stereocenters. The molecular weight excluding hydrogens is 258 g/mol. The molecule has 1 amide bonds. The largest absolute Gasteiger partial charge is 0.340 e. The van der Waals surface area contributed by atoms with Gasteiger partial charge in [0.1, 0.15) is 0 Å². The minimum absolute atomic E-state index is 0.141. The summed E-state index contributed by atoms with van der Waals surface area (Å²) < 4.78 is 0. The number of amides is 1. The highest BCUT2D eigenvalue weighted by atomic mass is 32.1. The summed E-state index contributed by atoms with van der Waals surface area (Å²) in [6, 6.07) is 3.88. The molecule has 0 fully saturated rings. The standard InChI is InChI=1S/C14H17N3OS/c1-11-16-13(10-19-11)9-17(2)14(18)4-3-12-5-7-15-8-6-12/h5-8,10H,3-4,9H2,1-2H3. The first-order valence-electron chi connectivity index (χ1n) is 6.19. The molecule has 0 saturated heterocycles. The Kier molecular flexibility index (Phi) is 4.63. The van der Waals surface area contributed by atoms with Gasteiger partial charge in [-0.05, 0) is 31.0 Å². The summed E-state index contributed by atoms with van der Waals surface area (Å²) in [6.45, 7) is 2.55. The van der Waals surface area contributed by atoms with E-state index in [2.05, 4.69) is 9.97 Å². The first-order valence-corrected chi connectivity index (χ1v) is 7.07. The van der Waals surface area contributed by atoms with Gasteiger partial charge >= 0.3 is 0 Å². The van der Waals surface area contributed by atoms with Gasteiger partial charge in [-0.2, -0.15) is 0 Å². The van der Waals surface area contributed by atoms with Gasteiger partial charge < -0.3 is 4.90 Å². The van der Waals surface area contributed by atoms with Gasteiger partial charge in [0.15, 0.2) is 0 Å². The molecule has 2 aromatic heterocycles. The third kappa shape index (κ3) is 4.13. The summed E-state index contributed by atoms with van der Waals surface area (Å²) in [5.74, 6) is 0.141. The molecule has 0 aliphatic heterocycles. The first-order chi connectivity index (χ1) is 9.15. The Balaban J connectivity index is 1.82. The lowest BCUT2D eigenvalue weighted by molar-refractivity contribution is -0.130. The van der Waals surface area contributed by atoms with Crippen molar-refractivity contribution >= 4 is 17.2 Å². The summed E-state index contributed by atoms with van der Waals surface area (Å²) in [7, 11) is 1.82. The van der Waals surface area contributed by atoms with Crippen LogP contribution >= 0.6 is 11.3 Å². The summed E-state index contributed by atoms with van der Waals surface area (Å²) >= 11 is 1.61. The van der Waals surface area contributed by atoms with Gasteiger partial charge in [0, 0.05) is 31.2 Å². The Morgan fingerprint density at radius 1 is 1.37 bits per heavy atom. The average Bonchev–Trinajstić information content (AvgIpc) is 2.82. The van der Waals surface area contributed by atoms with E-state index >= 15 is 0 Å². The topological polar surface area (TPSA) is 46.1 Å². The second-order valence-electron chi connectivity index (χ2n) is 4.46. The molecule has 0 saturated carbocycles. The molecule has 0 N–H and O–H groups in total. The molecular formula is C14H17N3OS. The number of hydrogen-bond donors (Lipinski definition) is 0. The van der Waals surface area contributed by atoms with Crippen LogP contribution in [0, 0.1) is 6.92 Å². The molecule has 100 valence electrons. The fourth-order valence-corrected chi connectivity index (χ4v) is 2.41. The SMILES string of the molecule is Cc1nc(CN(C)C(=O)CCc2ccncc2)cs1. The van der Waals surface area contributed by atoms with Crippen LogP contribution in [0.15, 0.2) is 29.9 Å². The summed E-state index contributed by atoms with van der Waals surface area (Å²) in [6.07, 6.45) is 4.77. The van der Waals surface area contributed by atoms with Crippen molar-refractivity contribution in [1.82, 2.24) is 14.9 Å². The molecule has 0 aliphatic carbocycles. The van der Waals surface area contributed by atoms with Crippen LogP contribution in [0.3, 0.4) is 0 Å². The fourth-order valence-electron chi connectivity index (χ4n) is 1.80. The van der Waals surface area contributed by atoms with E-state index in [1.807, 2.05) is 31.5 Å². The van der Waals surface area contributed by atoms with Crippen LogP contribution in [0.2, 0.25) is 0 Å². The summed E-state index contributed by atoms with van der Waals surface area (Å²) in [4.78, 5) is 22.1. The molecule has 0 radical (unpaired) electrons. The highest BCUT2D eigenvalue weighted by Crippen LogP contribution is 2.11. The lowest BCUT2D eigenvalue weighted by Gasteiger charge is -2.15. The molecule has 4 nitrogen and oxygen atoms in total. The van der Waals surface area contributed by atoms with Crippen molar-refractivity contribution in [3.8, 4) is 0 Å². The Hall–Kier alpha value is -1.75. The lowest BCUT2D eigenvalue weighted by atomic mass is 10.1. The van der Waals surface area contributed by atoms with Crippen molar-refractivity contribution in [2.75, 3.05) is 7.05 Å². The van der Waals surface area contributed by atoms with Gasteiger partial charge in [-0.3, -0.25) is 9.78 Å². The smallest absolute Gasteiger partial charge is 0.222 e. The minimum atomic E-state index is 0.141. The van der Waals surface area contributed by atoms with Crippen LogP contribution in [0.25, 0.3) is 0 Å². The molecule has 19 heavy (non-hydrogen) atoms. The predicted molar refractivity (Wildman–Crippen MR) is 75.9 cm³/mol. The molecule has 5 heteroatoms. The van der Waals surface area contributed by atoms with E-state index in [0.29, 0.717) is 13.0 Å². The molecule has 0 aromatic carbocycles. The normalized spacial score (nSPS) is 10.4. The number of aromatic nitrogens is 2. The monoisotopic (exact) mass is 275 g/mol. The van der Waals surface area contributed by atoms with Gasteiger partial charge in [-0.15, -0.1) is 11.3 Å². The predicted octanol–water partition coefficient (Wildman–Crippen LogP) is 2.44. The molecule has 0 spiro atoms. The molecule has 0 unspecified atom stereocenters. The third-order valence-corrected chi connectivity index (χ3v) is 3.69. The number of carbonyl (C=O) groups is 1. The second-order valence-corrected chi connectivity index (χ2v) is 5.53. The Labute approximate surface area is 117 Å². The maximum atomic E-state index is 12.0. The highest BCUT2D eigenvalue weighted by Gasteiger charge is 2.10.